The van der Waals surface area contributed by atoms with Gasteiger partial charge in [-0.15, -0.1) is 0 Å². The number of benzene rings is 2. The first-order valence-electron chi connectivity index (χ1n) is 12.5. The smallest absolute Gasteiger partial charge is 0.339 e. The van der Waals surface area contributed by atoms with E-state index < -0.39 is 5.97 Å². The topological polar surface area (TPSA) is 86.5 Å². The summed E-state index contributed by atoms with van der Waals surface area (Å²) in [5.41, 5.74) is 3.75. The Labute approximate surface area is 215 Å². The molecule has 1 unspecified atom stereocenters. The van der Waals surface area contributed by atoms with E-state index in [2.05, 4.69) is 6.92 Å². The van der Waals surface area contributed by atoms with Crippen molar-refractivity contribution in [2.75, 3.05) is 26.8 Å². The second-order valence-corrected chi connectivity index (χ2v) is 9.48. The van der Waals surface area contributed by atoms with Crippen LogP contribution in [0, 0.1) is 12.8 Å². The lowest BCUT2D eigenvalue weighted by molar-refractivity contribution is -0.136. The molecule has 2 aromatic heterocycles. The summed E-state index contributed by atoms with van der Waals surface area (Å²) in [5, 5.41) is 5.30. The zero-order chi connectivity index (χ0) is 25.9. The van der Waals surface area contributed by atoms with Gasteiger partial charge in [0.15, 0.2) is 12.3 Å². The summed E-state index contributed by atoms with van der Waals surface area (Å²) in [7, 11) is 1.61. The number of hydrogen-bond donors (Lipinski definition) is 0. The molecule has 1 aliphatic rings. The molecule has 0 N–H and O–H groups in total. The molecule has 190 valence electrons. The highest BCUT2D eigenvalue weighted by molar-refractivity contribution is 6.05. The predicted octanol–water partition coefficient (Wildman–Crippen LogP) is 4.82. The van der Waals surface area contributed by atoms with Crippen LogP contribution in [0.4, 0.5) is 0 Å². The Morgan fingerprint density at radius 1 is 1.08 bits per heavy atom. The van der Waals surface area contributed by atoms with Crippen LogP contribution in [0.2, 0.25) is 0 Å². The van der Waals surface area contributed by atoms with E-state index in [1.54, 1.807) is 22.8 Å². The number of rotatable bonds is 6. The summed E-state index contributed by atoms with van der Waals surface area (Å²) < 4.78 is 12.6. The van der Waals surface area contributed by atoms with Gasteiger partial charge in [0.05, 0.1) is 35.1 Å². The SMILES string of the molecule is COc1ccc(-c2cc(C(=O)OCC(=O)N3CCCC(C)C3)c3c(C)nn(-c4ccccc4)c3n2)cc1. The molecule has 2 aromatic carbocycles. The van der Waals surface area contributed by atoms with E-state index in [1.807, 2.05) is 61.5 Å². The zero-order valence-electron chi connectivity index (χ0n) is 21.3. The molecule has 4 aromatic rings. The number of aryl methyl sites for hydroxylation is 1. The number of aromatic nitrogens is 3. The summed E-state index contributed by atoms with van der Waals surface area (Å²) in [6.07, 6.45) is 2.08. The van der Waals surface area contributed by atoms with Crippen LogP contribution in [0.5, 0.6) is 5.75 Å². The second kappa shape index (κ2) is 10.4. The number of esters is 1. The molecule has 1 amide bonds. The molecule has 0 spiro atoms. The first-order valence-corrected chi connectivity index (χ1v) is 12.5. The standard InChI is InChI=1S/C29H30N4O4/c1-19-8-7-15-32(17-19)26(34)18-37-29(35)24-16-25(21-11-13-23(36-3)14-12-21)30-28-27(24)20(2)31-33(28)22-9-5-4-6-10-22/h4-6,9-14,16,19H,7-8,15,17-18H2,1-3H3. The van der Waals surface area contributed by atoms with Gasteiger partial charge in [-0.25, -0.2) is 14.5 Å². The van der Waals surface area contributed by atoms with Gasteiger partial charge >= 0.3 is 5.97 Å². The maximum Gasteiger partial charge on any atom is 0.339 e. The molecular formula is C29H30N4O4. The van der Waals surface area contributed by atoms with Gasteiger partial charge in [-0.3, -0.25) is 4.79 Å². The van der Waals surface area contributed by atoms with Crippen LogP contribution >= 0.6 is 0 Å². The number of ether oxygens (including phenoxy) is 2. The molecule has 0 radical (unpaired) electrons. The first-order chi connectivity index (χ1) is 17.9. The number of pyridine rings is 1. The third-order valence-electron chi connectivity index (χ3n) is 6.76. The molecule has 8 heteroatoms. The fourth-order valence-corrected chi connectivity index (χ4v) is 4.82. The molecule has 1 aliphatic heterocycles. The monoisotopic (exact) mass is 498 g/mol. The maximum atomic E-state index is 13.4. The van der Waals surface area contributed by atoms with E-state index in [1.165, 1.54) is 0 Å². The fourth-order valence-electron chi connectivity index (χ4n) is 4.82. The Bertz CT molecular complexity index is 1430. The van der Waals surface area contributed by atoms with Gasteiger partial charge in [0.25, 0.3) is 5.91 Å². The van der Waals surface area contributed by atoms with Crippen LogP contribution < -0.4 is 4.74 Å². The molecule has 1 fully saturated rings. The van der Waals surface area contributed by atoms with Crippen molar-refractivity contribution < 1.29 is 19.1 Å². The third-order valence-corrected chi connectivity index (χ3v) is 6.76. The Kier molecular flexibility index (Phi) is 6.90. The molecule has 0 saturated carbocycles. The minimum Gasteiger partial charge on any atom is -0.497 e. The minimum absolute atomic E-state index is 0.169. The normalized spacial score (nSPS) is 15.5. The van der Waals surface area contributed by atoms with E-state index in [0.717, 1.165) is 29.8 Å². The van der Waals surface area contributed by atoms with Crippen molar-refractivity contribution in [3.8, 4) is 22.7 Å². The van der Waals surface area contributed by atoms with Gasteiger partial charge in [-0.05, 0) is 68.1 Å². The summed E-state index contributed by atoms with van der Waals surface area (Å²) in [6.45, 7) is 5.07. The number of likely N-dealkylation sites (tertiary alicyclic amines) is 1. The van der Waals surface area contributed by atoms with Crippen molar-refractivity contribution >= 4 is 22.9 Å². The number of amides is 1. The van der Waals surface area contributed by atoms with E-state index in [-0.39, 0.29) is 12.5 Å². The highest BCUT2D eigenvalue weighted by Gasteiger charge is 2.25. The Morgan fingerprint density at radius 2 is 1.84 bits per heavy atom. The largest absolute Gasteiger partial charge is 0.497 e. The molecule has 0 aliphatic carbocycles. The van der Waals surface area contributed by atoms with Crippen LogP contribution in [0.3, 0.4) is 0 Å². The highest BCUT2D eigenvalue weighted by atomic mass is 16.5. The van der Waals surface area contributed by atoms with Gasteiger partial charge in [0.1, 0.15) is 5.75 Å². The third kappa shape index (κ3) is 5.05. The van der Waals surface area contributed by atoms with Crippen LogP contribution in [0.1, 0.15) is 35.8 Å². The molecule has 1 saturated heterocycles. The predicted molar refractivity (Wildman–Crippen MR) is 141 cm³/mol. The van der Waals surface area contributed by atoms with E-state index in [9.17, 15) is 9.59 Å². The van der Waals surface area contributed by atoms with Crippen LogP contribution in [-0.2, 0) is 9.53 Å². The molecule has 0 bridgehead atoms. The molecule has 37 heavy (non-hydrogen) atoms. The molecule has 8 nitrogen and oxygen atoms in total. The number of carbonyl (C=O) groups is 2. The quantitative estimate of drug-likeness (QED) is 0.354. The molecule has 5 rings (SSSR count). The summed E-state index contributed by atoms with van der Waals surface area (Å²) in [5.74, 6) is 0.431. The Morgan fingerprint density at radius 3 is 2.54 bits per heavy atom. The van der Waals surface area contributed by atoms with Crippen LogP contribution in [-0.4, -0.2) is 58.3 Å². The molecule has 1 atom stereocenters. The van der Waals surface area contributed by atoms with E-state index in [4.69, 9.17) is 19.6 Å². The first kappa shape index (κ1) is 24.5. The summed E-state index contributed by atoms with van der Waals surface area (Å²) in [6, 6.07) is 18.8. The average molecular weight is 499 g/mol. The number of para-hydroxylation sites is 1. The highest BCUT2D eigenvalue weighted by Crippen LogP contribution is 2.30. The lowest BCUT2D eigenvalue weighted by Crippen LogP contribution is -2.41. The zero-order valence-corrected chi connectivity index (χ0v) is 21.3. The Balaban J connectivity index is 1.53. The minimum atomic E-state index is -0.573. The summed E-state index contributed by atoms with van der Waals surface area (Å²) >= 11 is 0. The van der Waals surface area contributed by atoms with Crippen molar-refractivity contribution in [3.63, 3.8) is 0 Å². The van der Waals surface area contributed by atoms with Crippen molar-refractivity contribution in [2.24, 2.45) is 5.92 Å². The number of carbonyl (C=O) groups excluding carboxylic acids is 2. The number of methoxy groups -OCH3 is 1. The van der Waals surface area contributed by atoms with Gasteiger partial charge < -0.3 is 14.4 Å². The van der Waals surface area contributed by atoms with Crippen LogP contribution in [0.25, 0.3) is 28.0 Å². The Hall–Kier alpha value is -4.20. The fraction of sp³-hybridized carbons (Fsp3) is 0.310. The molecule has 3 heterocycles. The van der Waals surface area contributed by atoms with E-state index in [0.29, 0.717) is 47.0 Å². The van der Waals surface area contributed by atoms with Gasteiger partial charge in [-0.2, -0.15) is 5.10 Å². The lowest BCUT2D eigenvalue weighted by Gasteiger charge is -2.30. The van der Waals surface area contributed by atoms with Gasteiger partial charge in [0.2, 0.25) is 0 Å². The van der Waals surface area contributed by atoms with Gasteiger partial charge in [0, 0.05) is 18.7 Å². The second-order valence-electron chi connectivity index (χ2n) is 9.48. The van der Waals surface area contributed by atoms with Crippen molar-refractivity contribution in [3.05, 3.63) is 71.9 Å². The maximum absolute atomic E-state index is 13.4. The molecular weight excluding hydrogens is 468 g/mol. The van der Waals surface area contributed by atoms with Gasteiger partial charge in [-0.1, -0.05) is 25.1 Å². The number of fused-ring (bicyclic) bond motifs is 1. The van der Waals surface area contributed by atoms with Crippen molar-refractivity contribution in [1.29, 1.82) is 0 Å². The summed E-state index contributed by atoms with van der Waals surface area (Å²) in [4.78, 5) is 32.8. The average Bonchev–Trinajstić information content (AvgIpc) is 3.27. The van der Waals surface area contributed by atoms with Crippen LogP contribution in [0.15, 0.2) is 60.7 Å². The number of piperidine rings is 1. The van der Waals surface area contributed by atoms with Crippen molar-refractivity contribution in [1.82, 2.24) is 19.7 Å². The number of nitrogens with zero attached hydrogens (tertiary/aromatic N) is 4. The number of hydrogen-bond acceptors (Lipinski definition) is 6. The van der Waals surface area contributed by atoms with E-state index >= 15 is 0 Å². The lowest BCUT2D eigenvalue weighted by atomic mass is 10.0. The van der Waals surface area contributed by atoms with Crippen molar-refractivity contribution in [2.45, 2.75) is 26.7 Å².